The Morgan fingerprint density at radius 1 is 0.295 bits per heavy atom. The number of anilines is 3. The fourth-order valence-corrected chi connectivity index (χ4v) is 8.43. The lowest BCUT2D eigenvalue weighted by molar-refractivity contribution is 0.568. The van der Waals surface area contributed by atoms with Crippen LogP contribution in [-0.4, -0.2) is 0 Å². The van der Waals surface area contributed by atoms with E-state index in [0.717, 1.165) is 17.1 Å². The summed E-state index contributed by atoms with van der Waals surface area (Å²) in [5.74, 6) is 0. The maximum absolute atomic E-state index is 2.55. The zero-order chi connectivity index (χ0) is 44.3. The molecule has 0 unspecified atom stereocenters. The van der Waals surface area contributed by atoms with Crippen LogP contribution in [0.25, 0.3) is 44.2 Å². The van der Waals surface area contributed by atoms with Gasteiger partial charge in [0.05, 0.1) is 11.4 Å². The standard InChI is InChI=1S/C60H69N/c1-56(2,3)43-32-30-40(31-33-43)49-24-16-18-28-53(49)61(48-38-46(59(10,11)12)37-47(39-48)60(13,14)15)54-29-19-17-25-51(54)52-27-21-23-41-22-20-26-50(55(41)52)42-34-44(57(4,5)6)36-45(35-42)58(7,8)9/h16-39H,1-15H3. The van der Waals surface area contributed by atoms with Crippen molar-refractivity contribution in [3.8, 4) is 33.4 Å². The largest absolute Gasteiger partial charge is 0.309 e. The van der Waals surface area contributed by atoms with Gasteiger partial charge in [-0.15, -0.1) is 0 Å². The number of hydrogen-bond donors (Lipinski definition) is 0. The van der Waals surface area contributed by atoms with Gasteiger partial charge in [0, 0.05) is 16.8 Å². The van der Waals surface area contributed by atoms with Crippen LogP contribution in [0.5, 0.6) is 0 Å². The van der Waals surface area contributed by atoms with Crippen molar-refractivity contribution < 1.29 is 0 Å². The van der Waals surface area contributed by atoms with Gasteiger partial charge in [-0.1, -0.05) is 225 Å². The zero-order valence-corrected chi connectivity index (χ0v) is 39.8. The molecule has 0 fully saturated rings. The Hall–Kier alpha value is -5.40. The molecule has 0 aliphatic heterocycles. The molecule has 0 spiro atoms. The van der Waals surface area contributed by atoms with E-state index in [4.69, 9.17) is 0 Å². The maximum atomic E-state index is 2.55. The van der Waals surface area contributed by atoms with Crippen LogP contribution in [0.3, 0.4) is 0 Å². The van der Waals surface area contributed by atoms with E-state index in [1.807, 2.05) is 0 Å². The number of fused-ring (bicyclic) bond motifs is 1. The van der Waals surface area contributed by atoms with Gasteiger partial charge in [-0.05, 0) is 112 Å². The Balaban J connectivity index is 1.56. The Morgan fingerprint density at radius 2 is 0.689 bits per heavy atom. The van der Waals surface area contributed by atoms with Crippen LogP contribution >= 0.6 is 0 Å². The minimum atomic E-state index is -0.0540. The molecule has 7 aromatic carbocycles. The van der Waals surface area contributed by atoms with E-state index in [1.165, 1.54) is 72.0 Å². The number of rotatable bonds is 6. The Labute approximate surface area is 368 Å². The van der Waals surface area contributed by atoms with E-state index in [0.29, 0.717) is 0 Å². The highest BCUT2D eigenvalue weighted by molar-refractivity contribution is 6.09. The molecule has 0 saturated heterocycles. The topological polar surface area (TPSA) is 3.24 Å². The van der Waals surface area contributed by atoms with Gasteiger partial charge in [-0.3, -0.25) is 0 Å². The lowest BCUT2D eigenvalue weighted by Crippen LogP contribution is -2.19. The van der Waals surface area contributed by atoms with Crippen LogP contribution < -0.4 is 4.90 Å². The molecule has 7 aromatic rings. The molecule has 314 valence electrons. The van der Waals surface area contributed by atoms with Crippen molar-refractivity contribution in [2.75, 3.05) is 4.90 Å². The summed E-state index contributed by atoms with van der Waals surface area (Å²) < 4.78 is 0. The van der Waals surface area contributed by atoms with Gasteiger partial charge in [0.2, 0.25) is 0 Å². The second kappa shape index (κ2) is 15.8. The molecule has 0 aliphatic rings. The van der Waals surface area contributed by atoms with Crippen molar-refractivity contribution >= 4 is 27.8 Å². The zero-order valence-electron chi connectivity index (χ0n) is 39.8. The predicted molar refractivity (Wildman–Crippen MR) is 268 cm³/mol. The highest BCUT2D eigenvalue weighted by atomic mass is 15.1. The molecule has 0 radical (unpaired) electrons. The monoisotopic (exact) mass is 804 g/mol. The van der Waals surface area contributed by atoms with Crippen molar-refractivity contribution in [2.45, 2.75) is 131 Å². The molecule has 1 nitrogen and oxygen atoms in total. The van der Waals surface area contributed by atoms with Crippen LogP contribution in [0, 0.1) is 0 Å². The van der Waals surface area contributed by atoms with E-state index in [2.05, 4.69) is 254 Å². The minimum Gasteiger partial charge on any atom is -0.309 e. The molecule has 1 heteroatoms. The third-order valence-electron chi connectivity index (χ3n) is 12.4. The van der Waals surface area contributed by atoms with Gasteiger partial charge in [-0.25, -0.2) is 0 Å². The summed E-state index contributed by atoms with van der Waals surface area (Å²) in [6, 6.07) is 55.6. The summed E-state index contributed by atoms with van der Waals surface area (Å²) in [7, 11) is 0. The summed E-state index contributed by atoms with van der Waals surface area (Å²) in [6.07, 6.45) is 0. The quantitative estimate of drug-likeness (QED) is 0.162. The SMILES string of the molecule is CC(C)(C)c1ccc(-c2ccccc2N(c2cc(C(C)(C)C)cc(C(C)(C)C)c2)c2ccccc2-c2cccc3cccc(-c4cc(C(C)(C)C)cc(C(C)(C)C)c4)c23)cc1. The molecule has 0 N–H and O–H groups in total. The van der Waals surface area contributed by atoms with Gasteiger partial charge in [0.15, 0.2) is 0 Å². The summed E-state index contributed by atoms with van der Waals surface area (Å²) in [5.41, 5.74) is 17.5. The van der Waals surface area contributed by atoms with Crippen molar-refractivity contribution in [2.24, 2.45) is 0 Å². The second-order valence-corrected chi connectivity index (χ2v) is 22.5. The third-order valence-corrected chi connectivity index (χ3v) is 12.4. The average molecular weight is 804 g/mol. The van der Waals surface area contributed by atoms with Gasteiger partial charge in [-0.2, -0.15) is 0 Å². The Morgan fingerprint density at radius 3 is 1.16 bits per heavy atom. The molecule has 0 amide bonds. The second-order valence-electron chi connectivity index (χ2n) is 22.5. The fourth-order valence-electron chi connectivity index (χ4n) is 8.43. The minimum absolute atomic E-state index is 0.00445. The van der Waals surface area contributed by atoms with E-state index >= 15 is 0 Å². The number of para-hydroxylation sites is 2. The Bertz CT molecular complexity index is 2620. The normalized spacial score (nSPS) is 12.8. The van der Waals surface area contributed by atoms with Crippen LogP contribution in [0.4, 0.5) is 17.1 Å². The molecule has 7 rings (SSSR count). The molecule has 61 heavy (non-hydrogen) atoms. The third kappa shape index (κ3) is 9.13. The summed E-state index contributed by atoms with van der Waals surface area (Å²) in [4.78, 5) is 2.55. The molecule has 0 aliphatic carbocycles. The van der Waals surface area contributed by atoms with Crippen LogP contribution in [-0.2, 0) is 27.1 Å². The van der Waals surface area contributed by atoms with Gasteiger partial charge in [0.25, 0.3) is 0 Å². The molecule has 0 bridgehead atoms. The van der Waals surface area contributed by atoms with Crippen molar-refractivity contribution in [3.05, 3.63) is 173 Å². The molecular weight excluding hydrogens is 735 g/mol. The fraction of sp³-hybridized carbons (Fsp3) is 0.333. The summed E-state index contributed by atoms with van der Waals surface area (Å²) in [5, 5.41) is 2.51. The highest BCUT2D eigenvalue weighted by Gasteiger charge is 2.28. The summed E-state index contributed by atoms with van der Waals surface area (Å²) in [6.45, 7) is 34.8. The first kappa shape index (κ1) is 43.7. The highest BCUT2D eigenvalue weighted by Crippen LogP contribution is 2.49. The maximum Gasteiger partial charge on any atom is 0.0540 e. The Kier molecular flexibility index (Phi) is 11.3. The van der Waals surface area contributed by atoms with Gasteiger partial charge < -0.3 is 4.90 Å². The van der Waals surface area contributed by atoms with E-state index in [1.54, 1.807) is 0 Å². The lowest BCUT2D eigenvalue weighted by Gasteiger charge is -2.33. The van der Waals surface area contributed by atoms with Crippen LogP contribution in [0.2, 0.25) is 0 Å². The number of hydrogen-bond acceptors (Lipinski definition) is 1. The van der Waals surface area contributed by atoms with E-state index in [9.17, 15) is 0 Å². The number of nitrogens with zero attached hydrogens (tertiary/aromatic N) is 1. The molecule has 0 aromatic heterocycles. The van der Waals surface area contributed by atoms with E-state index < -0.39 is 0 Å². The lowest BCUT2D eigenvalue weighted by atomic mass is 9.78. The first-order chi connectivity index (χ1) is 28.4. The van der Waals surface area contributed by atoms with E-state index in [-0.39, 0.29) is 27.1 Å². The smallest absolute Gasteiger partial charge is 0.0540 e. The first-order valence-electron chi connectivity index (χ1n) is 22.3. The molecule has 0 atom stereocenters. The van der Waals surface area contributed by atoms with Crippen molar-refractivity contribution in [1.82, 2.24) is 0 Å². The first-order valence-corrected chi connectivity index (χ1v) is 22.3. The van der Waals surface area contributed by atoms with Crippen molar-refractivity contribution in [1.29, 1.82) is 0 Å². The molecule has 0 heterocycles. The molecule has 0 saturated carbocycles. The van der Waals surface area contributed by atoms with Gasteiger partial charge >= 0.3 is 0 Å². The van der Waals surface area contributed by atoms with Crippen molar-refractivity contribution in [3.63, 3.8) is 0 Å². The predicted octanol–water partition coefficient (Wildman–Crippen LogP) is 17.8. The summed E-state index contributed by atoms with van der Waals surface area (Å²) >= 11 is 0. The average Bonchev–Trinajstić information content (AvgIpc) is 3.19. The van der Waals surface area contributed by atoms with Crippen LogP contribution in [0.15, 0.2) is 146 Å². The molecular formula is C60H69N. The van der Waals surface area contributed by atoms with Crippen LogP contribution in [0.1, 0.15) is 132 Å². The number of benzene rings is 7. The van der Waals surface area contributed by atoms with Gasteiger partial charge in [0.1, 0.15) is 0 Å².